The van der Waals surface area contributed by atoms with E-state index in [1.807, 2.05) is 23.1 Å². The third-order valence-corrected chi connectivity index (χ3v) is 4.54. The van der Waals surface area contributed by atoms with Crippen molar-refractivity contribution < 1.29 is 0 Å². The van der Waals surface area contributed by atoms with Gasteiger partial charge < -0.3 is 5.32 Å². The number of rotatable bonds is 4. The summed E-state index contributed by atoms with van der Waals surface area (Å²) < 4.78 is 1.96. The number of hydrogen-bond acceptors (Lipinski definition) is 2. The third kappa shape index (κ3) is 3.87. The topological polar surface area (TPSA) is 29.9 Å². The highest BCUT2D eigenvalue weighted by molar-refractivity contribution is 5.46. The SMILES string of the molecule is CC1(C)CCC(Nc2cccc(Cn3cccn3)c2)CC1. The second-order valence-electron chi connectivity index (χ2n) is 6.99. The molecule has 1 aliphatic rings. The van der Waals surface area contributed by atoms with Crippen LogP contribution in [0.1, 0.15) is 45.1 Å². The monoisotopic (exact) mass is 283 g/mol. The second kappa shape index (κ2) is 5.92. The molecule has 112 valence electrons. The lowest BCUT2D eigenvalue weighted by molar-refractivity contribution is 0.232. The van der Waals surface area contributed by atoms with E-state index in [0.29, 0.717) is 11.5 Å². The zero-order valence-corrected chi connectivity index (χ0v) is 13.0. The van der Waals surface area contributed by atoms with Crippen LogP contribution in [0.15, 0.2) is 42.7 Å². The van der Waals surface area contributed by atoms with Gasteiger partial charge in [0.15, 0.2) is 0 Å². The van der Waals surface area contributed by atoms with Gasteiger partial charge in [0.1, 0.15) is 0 Å². The summed E-state index contributed by atoms with van der Waals surface area (Å²) in [4.78, 5) is 0. The van der Waals surface area contributed by atoms with Crippen LogP contribution in [0.4, 0.5) is 5.69 Å². The summed E-state index contributed by atoms with van der Waals surface area (Å²) in [5.74, 6) is 0. The van der Waals surface area contributed by atoms with Gasteiger partial charge >= 0.3 is 0 Å². The second-order valence-corrected chi connectivity index (χ2v) is 6.99. The molecular weight excluding hydrogens is 258 g/mol. The molecule has 3 heteroatoms. The normalized spacial score (nSPS) is 18.6. The van der Waals surface area contributed by atoms with Gasteiger partial charge in [-0.2, -0.15) is 5.10 Å². The zero-order chi connectivity index (χ0) is 14.7. The number of nitrogens with one attached hydrogen (secondary N) is 1. The van der Waals surface area contributed by atoms with Crippen molar-refractivity contribution in [3.63, 3.8) is 0 Å². The Morgan fingerprint density at radius 2 is 2.05 bits per heavy atom. The fourth-order valence-electron chi connectivity index (χ4n) is 3.12. The summed E-state index contributed by atoms with van der Waals surface area (Å²) in [5, 5.41) is 7.98. The average molecular weight is 283 g/mol. The molecule has 1 heterocycles. The minimum absolute atomic E-state index is 0.528. The van der Waals surface area contributed by atoms with Gasteiger partial charge in [0.25, 0.3) is 0 Å². The largest absolute Gasteiger partial charge is 0.382 e. The van der Waals surface area contributed by atoms with Crippen LogP contribution < -0.4 is 5.32 Å². The molecule has 0 radical (unpaired) electrons. The van der Waals surface area contributed by atoms with Crippen molar-refractivity contribution in [2.45, 2.75) is 52.1 Å². The number of hydrogen-bond donors (Lipinski definition) is 1. The first kappa shape index (κ1) is 14.2. The van der Waals surface area contributed by atoms with E-state index in [2.05, 4.69) is 48.5 Å². The van der Waals surface area contributed by atoms with Crippen molar-refractivity contribution in [1.82, 2.24) is 9.78 Å². The molecule has 1 fully saturated rings. The summed E-state index contributed by atoms with van der Waals surface area (Å²) >= 11 is 0. The predicted octanol–water partition coefficient (Wildman–Crippen LogP) is 4.31. The molecule has 3 rings (SSSR count). The molecule has 1 aromatic heterocycles. The maximum absolute atomic E-state index is 4.27. The Labute approximate surface area is 127 Å². The van der Waals surface area contributed by atoms with E-state index in [-0.39, 0.29) is 0 Å². The first-order valence-corrected chi connectivity index (χ1v) is 7.94. The van der Waals surface area contributed by atoms with Gasteiger partial charge in [-0.1, -0.05) is 26.0 Å². The summed E-state index contributed by atoms with van der Waals surface area (Å²) in [5.41, 5.74) is 3.06. The van der Waals surface area contributed by atoms with Crippen molar-refractivity contribution in [3.05, 3.63) is 48.3 Å². The Kier molecular flexibility index (Phi) is 4.00. The lowest BCUT2D eigenvalue weighted by Gasteiger charge is -2.35. The van der Waals surface area contributed by atoms with Gasteiger partial charge in [-0.15, -0.1) is 0 Å². The molecule has 0 spiro atoms. The van der Waals surface area contributed by atoms with E-state index in [0.717, 1.165) is 6.54 Å². The number of nitrogens with zero attached hydrogens (tertiary/aromatic N) is 2. The molecule has 21 heavy (non-hydrogen) atoms. The highest BCUT2D eigenvalue weighted by Crippen LogP contribution is 2.36. The average Bonchev–Trinajstić information content (AvgIpc) is 2.95. The van der Waals surface area contributed by atoms with Crippen LogP contribution in [0.5, 0.6) is 0 Å². The summed E-state index contributed by atoms with van der Waals surface area (Å²) in [7, 11) is 0. The van der Waals surface area contributed by atoms with Gasteiger partial charge in [0, 0.05) is 24.1 Å². The molecular formula is C18H25N3. The number of aromatic nitrogens is 2. The van der Waals surface area contributed by atoms with Crippen LogP contribution in [0.3, 0.4) is 0 Å². The number of anilines is 1. The Morgan fingerprint density at radius 3 is 2.76 bits per heavy atom. The Balaban J connectivity index is 1.61. The first-order chi connectivity index (χ1) is 10.1. The third-order valence-electron chi connectivity index (χ3n) is 4.54. The van der Waals surface area contributed by atoms with Crippen LogP contribution in [-0.2, 0) is 6.54 Å². The van der Waals surface area contributed by atoms with E-state index < -0.39 is 0 Å². The van der Waals surface area contributed by atoms with Crippen molar-refractivity contribution >= 4 is 5.69 Å². The van der Waals surface area contributed by atoms with Gasteiger partial charge in [-0.25, -0.2) is 0 Å². The van der Waals surface area contributed by atoms with Gasteiger partial charge in [0.2, 0.25) is 0 Å². The zero-order valence-electron chi connectivity index (χ0n) is 13.0. The fraction of sp³-hybridized carbons (Fsp3) is 0.500. The highest BCUT2D eigenvalue weighted by Gasteiger charge is 2.26. The van der Waals surface area contributed by atoms with Gasteiger partial charge in [0.05, 0.1) is 6.54 Å². The quantitative estimate of drug-likeness (QED) is 0.906. The van der Waals surface area contributed by atoms with Crippen molar-refractivity contribution in [2.24, 2.45) is 5.41 Å². The van der Waals surface area contributed by atoms with E-state index in [1.54, 1.807) is 0 Å². The smallest absolute Gasteiger partial charge is 0.0660 e. The molecule has 2 aromatic rings. The van der Waals surface area contributed by atoms with E-state index in [4.69, 9.17) is 0 Å². The standard InChI is InChI=1S/C18H25N3/c1-18(2)9-7-16(8-10-18)20-17-6-3-5-15(13-17)14-21-12-4-11-19-21/h3-6,11-13,16,20H,7-10,14H2,1-2H3. The van der Waals surface area contributed by atoms with E-state index in [1.165, 1.54) is 36.9 Å². The predicted molar refractivity (Wildman–Crippen MR) is 87.4 cm³/mol. The number of benzene rings is 1. The van der Waals surface area contributed by atoms with E-state index >= 15 is 0 Å². The maximum Gasteiger partial charge on any atom is 0.0660 e. The van der Waals surface area contributed by atoms with Gasteiger partial charge in [-0.05, 0) is 54.9 Å². The fourth-order valence-corrected chi connectivity index (χ4v) is 3.12. The van der Waals surface area contributed by atoms with Crippen LogP contribution in [-0.4, -0.2) is 15.8 Å². The highest BCUT2D eigenvalue weighted by atomic mass is 15.3. The molecule has 0 atom stereocenters. The van der Waals surface area contributed by atoms with Crippen molar-refractivity contribution in [1.29, 1.82) is 0 Å². The lowest BCUT2D eigenvalue weighted by Crippen LogP contribution is -2.29. The molecule has 0 unspecified atom stereocenters. The molecule has 3 nitrogen and oxygen atoms in total. The molecule has 1 aromatic carbocycles. The van der Waals surface area contributed by atoms with Crippen LogP contribution in [0.25, 0.3) is 0 Å². The lowest BCUT2D eigenvalue weighted by atomic mass is 9.75. The van der Waals surface area contributed by atoms with Crippen molar-refractivity contribution in [3.8, 4) is 0 Å². The van der Waals surface area contributed by atoms with E-state index in [9.17, 15) is 0 Å². The summed E-state index contributed by atoms with van der Waals surface area (Å²) in [6.45, 7) is 5.60. The summed E-state index contributed by atoms with van der Waals surface area (Å²) in [6, 6.07) is 11.3. The molecule has 0 aliphatic heterocycles. The molecule has 1 saturated carbocycles. The van der Waals surface area contributed by atoms with Gasteiger partial charge in [-0.3, -0.25) is 4.68 Å². The Hall–Kier alpha value is -1.77. The van der Waals surface area contributed by atoms with Crippen LogP contribution >= 0.6 is 0 Å². The first-order valence-electron chi connectivity index (χ1n) is 7.94. The molecule has 1 aliphatic carbocycles. The molecule has 0 bridgehead atoms. The maximum atomic E-state index is 4.27. The molecule has 1 N–H and O–H groups in total. The minimum atomic E-state index is 0.528. The summed E-state index contributed by atoms with van der Waals surface area (Å²) in [6.07, 6.45) is 9.01. The minimum Gasteiger partial charge on any atom is -0.382 e. The van der Waals surface area contributed by atoms with Crippen LogP contribution in [0, 0.1) is 5.41 Å². The molecule has 0 saturated heterocycles. The van der Waals surface area contributed by atoms with Crippen LogP contribution in [0.2, 0.25) is 0 Å². The van der Waals surface area contributed by atoms with Crippen molar-refractivity contribution in [2.75, 3.05) is 5.32 Å². The molecule has 0 amide bonds. The Morgan fingerprint density at radius 1 is 1.24 bits per heavy atom. The Bertz CT molecular complexity index is 562.